The molecule has 4 rings (SSSR count). The van der Waals surface area contributed by atoms with Crippen molar-refractivity contribution in [2.45, 2.75) is 110 Å². The molecule has 5 atom stereocenters. The molecule has 162 valence electrons. The molecule has 0 aromatic heterocycles. The highest BCUT2D eigenvalue weighted by Crippen LogP contribution is 2.60. The predicted molar refractivity (Wildman–Crippen MR) is 115 cm³/mol. The third-order valence-corrected chi connectivity index (χ3v) is 9.48. The van der Waals surface area contributed by atoms with E-state index in [0.29, 0.717) is 24.0 Å². The average molecular weight is 401 g/mol. The van der Waals surface area contributed by atoms with Crippen LogP contribution >= 0.6 is 0 Å². The van der Waals surface area contributed by atoms with E-state index in [4.69, 9.17) is 4.74 Å². The Morgan fingerprint density at radius 3 is 2.52 bits per heavy atom. The lowest BCUT2D eigenvalue weighted by atomic mass is 9.55. The first-order valence-electron chi connectivity index (χ1n) is 12.3. The molecule has 0 aliphatic heterocycles. The lowest BCUT2D eigenvalue weighted by Crippen LogP contribution is -2.44. The molecule has 0 spiro atoms. The van der Waals surface area contributed by atoms with E-state index in [1.807, 2.05) is 6.08 Å². The highest BCUT2D eigenvalue weighted by molar-refractivity contribution is 5.91. The van der Waals surface area contributed by atoms with E-state index < -0.39 is 0 Å². The topological polar surface area (TPSA) is 43.4 Å². The number of allylic oxidation sites excluding steroid dienone is 2. The second-order valence-corrected chi connectivity index (χ2v) is 10.9. The Morgan fingerprint density at radius 2 is 1.79 bits per heavy atom. The standard InChI is InChI=1S/C26H40O3/c1-4-19-17-22(27)13-15-25(19,2)21-12-14-26(3)20(16-21)10-11-23(26)29-24(28)18-8-6-5-7-9-18/h17-18,20-21,23H,4-16H2,1-3H3. The quantitative estimate of drug-likeness (QED) is 0.513. The van der Waals surface area contributed by atoms with Gasteiger partial charge in [0, 0.05) is 11.8 Å². The summed E-state index contributed by atoms with van der Waals surface area (Å²) < 4.78 is 6.19. The van der Waals surface area contributed by atoms with Gasteiger partial charge in [0.1, 0.15) is 6.10 Å². The van der Waals surface area contributed by atoms with Crippen LogP contribution in [0.4, 0.5) is 0 Å². The van der Waals surface area contributed by atoms with Gasteiger partial charge in [0.25, 0.3) is 0 Å². The third kappa shape index (κ3) is 3.83. The Morgan fingerprint density at radius 1 is 1.03 bits per heavy atom. The number of ketones is 1. The summed E-state index contributed by atoms with van der Waals surface area (Å²) in [6.07, 6.45) is 16.3. The summed E-state index contributed by atoms with van der Waals surface area (Å²) >= 11 is 0. The van der Waals surface area contributed by atoms with Crippen LogP contribution in [0.25, 0.3) is 0 Å². The van der Waals surface area contributed by atoms with Gasteiger partial charge in [-0.15, -0.1) is 0 Å². The number of rotatable bonds is 4. The van der Waals surface area contributed by atoms with Crippen LogP contribution < -0.4 is 0 Å². The van der Waals surface area contributed by atoms with Crippen molar-refractivity contribution in [1.82, 2.24) is 0 Å². The maximum atomic E-state index is 12.8. The van der Waals surface area contributed by atoms with Gasteiger partial charge in [-0.1, -0.05) is 45.6 Å². The maximum absolute atomic E-state index is 12.8. The Bertz CT molecular complexity index is 673. The number of hydrogen-bond acceptors (Lipinski definition) is 3. The predicted octanol–water partition coefficient (Wildman–Crippen LogP) is 6.40. The maximum Gasteiger partial charge on any atom is 0.309 e. The number of ether oxygens (including phenoxy) is 1. The van der Waals surface area contributed by atoms with Gasteiger partial charge in [-0.25, -0.2) is 0 Å². The van der Waals surface area contributed by atoms with Crippen LogP contribution in [0.3, 0.4) is 0 Å². The molecular weight excluding hydrogens is 360 g/mol. The molecule has 0 amide bonds. The van der Waals surface area contributed by atoms with Crippen LogP contribution in [0.15, 0.2) is 11.6 Å². The molecule has 0 heterocycles. The highest BCUT2D eigenvalue weighted by atomic mass is 16.5. The first-order chi connectivity index (χ1) is 13.9. The largest absolute Gasteiger partial charge is 0.462 e. The normalized spacial score (nSPS) is 41.0. The fraction of sp³-hybridized carbons (Fsp3) is 0.846. The second kappa shape index (κ2) is 8.19. The van der Waals surface area contributed by atoms with Crippen molar-refractivity contribution in [3.05, 3.63) is 11.6 Å². The van der Waals surface area contributed by atoms with Crippen molar-refractivity contribution < 1.29 is 14.3 Å². The molecule has 29 heavy (non-hydrogen) atoms. The van der Waals surface area contributed by atoms with Crippen LogP contribution in [-0.4, -0.2) is 17.9 Å². The Kier molecular flexibility index (Phi) is 5.97. The fourth-order valence-electron chi connectivity index (χ4n) is 7.27. The number of carbonyl (C=O) groups is 2. The molecule has 3 fully saturated rings. The Labute approximate surface area is 177 Å². The van der Waals surface area contributed by atoms with Gasteiger partial charge in [-0.3, -0.25) is 9.59 Å². The Hall–Kier alpha value is -1.12. The number of esters is 1. The molecule has 0 N–H and O–H groups in total. The first kappa shape index (κ1) is 21.1. The molecular formula is C26H40O3. The number of carbonyl (C=O) groups excluding carboxylic acids is 2. The SMILES string of the molecule is CCC1=CC(=O)CCC1(C)C1CCC2(C)C(CCC2OC(=O)C2CCCCC2)C1. The summed E-state index contributed by atoms with van der Waals surface area (Å²) in [6.45, 7) is 7.01. The van der Waals surface area contributed by atoms with E-state index in [0.717, 1.165) is 38.5 Å². The first-order valence-corrected chi connectivity index (χ1v) is 12.3. The van der Waals surface area contributed by atoms with E-state index in [9.17, 15) is 9.59 Å². The zero-order chi connectivity index (χ0) is 20.6. The van der Waals surface area contributed by atoms with Gasteiger partial charge < -0.3 is 4.74 Å². The van der Waals surface area contributed by atoms with Crippen LogP contribution in [0, 0.1) is 28.6 Å². The summed E-state index contributed by atoms with van der Waals surface area (Å²) in [5, 5.41) is 0. The van der Waals surface area contributed by atoms with Gasteiger partial charge in [-0.2, -0.15) is 0 Å². The molecule has 0 aromatic carbocycles. The fourth-order valence-corrected chi connectivity index (χ4v) is 7.27. The van der Waals surface area contributed by atoms with E-state index >= 15 is 0 Å². The molecule has 3 saturated carbocycles. The van der Waals surface area contributed by atoms with Crippen LogP contribution in [0.1, 0.15) is 104 Å². The smallest absolute Gasteiger partial charge is 0.309 e. The number of fused-ring (bicyclic) bond motifs is 1. The zero-order valence-corrected chi connectivity index (χ0v) is 18.8. The minimum atomic E-state index is 0.0904. The van der Waals surface area contributed by atoms with Crippen molar-refractivity contribution in [2.75, 3.05) is 0 Å². The summed E-state index contributed by atoms with van der Waals surface area (Å²) in [6, 6.07) is 0. The summed E-state index contributed by atoms with van der Waals surface area (Å²) in [7, 11) is 0. The second-order valence-electron chi connectivity index (χ2n) is 10.9. The van der Waals surface area contributed by atoms with Crippen molar-refractivity contribution in [2.24, 2.45) is 28.6 Å². The molecule has 5 unspecified atom stereocenters. The molecule has 0 saturated heterocycles. The van der Waals surface area contributed by atoms with Crippen molar-refractivity contribution >= 4 is 11.8 Å². The molecule has 0 bridgehead atoms. The summed E-state index contributed by atoms with van der Waals surface area (Å²) in [5.74, 6) is 1.87. The molecule has 0 aromatic rings. The van der Waals surface area contributed by atoms with Crippen LogP contribution in [0.2, 0.25) is 0 Å². The summed E-state index contributed by atoms with van der Waals surface area (Å²) in [5.41, 5.74) is 1.71. The lowest BCUT2D eigenvalue weighted by molar-refractivity contribution is -0.163. The molecule has 3 heteroatoms. The lowest BCUT2D eigenvalue weighted by Gasteiger charge is -2.50. The van der Waals surface area contributed by atoms with Crippen LogP contribution in [-0.2, 0) is 14.3 Å². The third-order valence-electron chi connectivity index (χ3n) is 9.48. The van der Waals surface area contributed by atoms with E-state index in [1.165, 1.54) is 44.1 Å². The zero-order valence-electron chi connectivity index (χ0n) is 18.8. The van der Waals surface area contributed by atoms with Crippen LogP contribution in [0.5, 0.6) is 0 Å². The molecule has 3 nitrogen and oxygen atoms in total. The van der Waals surface area contributed by atoms with E-state index in [1.54, 1.807) is 0 Å². The molecule has 0 radical (unpaired) electrons. The molecule has 4 aliphatic rings. The van der Waals surface area contributed by atoms with E-state index in [-0.39, 0.29) is 28.8 Å². The minimum absolute atomic E-state index is 0.0904. The number of hydrogen-bond donors (Lipinski definition) is 0. The van der Waals surface area contributed by atoms with Gasteiger partial charge in [0.05, 0.1) is 5.92 Å². The van der Waals surface area contributed by atoms with Gasteiger partial charge >= 0.3 is 5.97 Å². The molecule has 4 aliphatic carbocycles. The van der Waals surface area contributed by atoms with E-state index in [2.05, 4.69) is 20.8 Å². The minimum Gasteiger partial charge on any atom is -0.462 e. The average Bonchev–Trinajstić information content (AvgIpc) is 3.05. The van der Waals surface area contributed by atoms with Crippen molar-refractivity contribution in [1.29, 1.82) is 0 Å². The van der Waals surface area contributed by atoms with Gasteiger partial charge in [0.15, 0.2) is 5.78 Å². The van der Waals surface area contributed by atoms with Crippen molar-refractivity contribution in [3.8, 4) is 0 Å². The van der Waals surface area contributed by atoms with Gasteiger partial charge in [-0.05, 0) is 81.1 Å². The summed E-state index contributed by atoms with van der Waals surface area (Å²) in [4.78, 5) is 24.8. The van der Waals surface area contributed by atoms with Crippen molar-refractivity contribution in [3.63, 3.8) is 0 Å². The van der Waals surface area contributed by atoms with Gasteiger partial charge in [0.2, 0.25) is 0 Å². The monoisotopic (exact) mass is 400 g/mol. The Balaban J connectivity index is 1.43. The highest BCUT2D eigenvalue weighted by Gasteiger charge is 2.54.